The molecule has 0 unspecified atom stereocenters. The Bertz CT molecular complexity index is 1230. The number of hydrogen-bond donors (Lipinski definition) is 1. The normalized spacial score (nSPS) is 12.5. The summed E-state index contributed by atoms with van der Waals surface area (Å²) in [5.41, 5.74) is 3.93. The highest BCUT2D eigenvalue weighted by Crippen LogP contribution is 2.32. The van der Waals surface area contributed by atoms with E-state index >= 15 is 0 Å². The summed E-state index contributed by atoms with van der Waals surface area (Å²) >= 11 is 0. The highest BCUT2D eigenvalue weighted by molar-refractivity contribution is 6.04. The molecule has 146 valence electrons. The highest BCUT2D eigenvalue weighted by atomic mass is 19.4. The second kappa shape index (κ2) is 7.09. The number of aromatic nitrogens is 2. The summed E-state index contributed by atoms with van der Waals surface area (Å²) in [4.78, 5) is 4.14. The third kappa shape index (κ3) is 3.47. The summed E-state index contributed by atoms with van der Waals surface area (Å²) in [7, 11) is 0. The Kier molecular flexibility index (Phi) is 4.58. The van der Waals surface area contributed by atoms with Gasteiger partial charge in [-0.1, -0.05) is 41.6 Å². The van der Waals surface area contributed by atoms with E-state index in [0.717, 1.165) is 34.5 Å². The second-order valence-corrected chi connectivity index (χ2v) is 6.60. The van der Waals surface area contributed by atoms with Crippen molar-refractivity contribution in [3.05, 3.63) is 84.2 Å². The lowest BCUT2D eigenvalue weighted by Crippen LogP contribution is -2.04. The lowest BCUT2D eigenvalue weighted by Gasteiger charge is -2.11. The van der Waals surface area contributed by atoms with Gasteiger partial charge in [-0.3, -0.25) is 4.57 Å². The number of rotatable bonds is 3. The fourth-order valence-electron chi connectivity index (χ4n) is 3.32. The van der Waals surface area contributed by atoms with E-state index in [9.17, 15) is 13.2 Å². The van der Waals surface area contributed by atoms with Crippen LogP contribution in [0.4, 0.5) is 13.2 Å². The molecule has 0 radical (unpaired) electrons. The van der Waals surface area contributed by atoms with Gasteiger partial charge in [0.25, 0.3) is 0 Å². The minimum Gasteiger partial charge on any atom is -0.411 e. The Hall–Kier alpha value is -3.61. The van der Waals surface area contributed by atoms with Crippen LogP contribution in [0.1, 0.15) is 18.1 Å². The minimum atomic E-state index is -4.41. The summed E-state index contributed by atoms with van der Waals surface area (Å²) in [6.07, 6.45) is -2.90. The fourth-order valence-corrected chi connectivity index (χ4v) is 3.32. The predicted molar refractivity (Wildman–Crippen MR) is 106 cm³/mol. The largest absolute Gasteiger partial charge is 0.416 e. The molecule has 29 heavy (non-hydrogen) atoms. The zero-order valence-electron chi connectivity index (χ0n) is 15.4. The third-order valence-corrected chi connectivity index (χ3v) is 4.78. The van der Waals surface area contributed by atoms with Gasteiger partial charge in [0.1, 0.15) is 6.33 Å². The SMILES string of the molecule is CC(=NO)c1ccccc1-c1cccc(-n2cnc3cc(C(F)(F)F)ccc32)c1. The Labute approximate surface area is 164 Å². The molecular formula is C22H16F3N3O. The first-order valence-corrected chi connectivity index (χ1v) is 8.81. The molecule has 0 atom stereocenters. The second-order valence-electron chi connectivity index (χ2n) is 6.60. The van der Waals surface area contributed by atoms with Crippen molar-refractivity contribution in [1.29, 1.82) is 0 Å². The Morgan fingerprint density at radius 2 is 1.79 bits per heavy atom. The van der Waals surface area contributed by atoms with Gasteiger partial charge in [-0.25, -0.2) is 4.98 Å². The first-order chi connectivity index (χ1) is 13.9. The van der Waals surface area contributed by atoms with Gasteiger partial charge in [0, 0.05) is 11.3 Å². The maximum Gasteiger partial charge on any atom is 0.416 e. The van der Waals surface area contributed by atoms with Crippen molar-refractivity contribution in [3.8, 4) is 16.8 Å². The van der Waals surface area contributed by atoms with E-state index in [-0.39, 0.29) is 5.52 Å². The zero-order valence-corrected chi connectivity index (χ0v) is 15.4. The summed E-state index contributed by atoms with van der Waals surface area (Å²) in [5, 5.41) is 12.5. The number of alkyl halides is 3. The van der Waals surface area contributed by atoms with Crippen LogP contribution >= 0.6 is 0 Å². The number of halogens is 3. The smallest absolute Gasteiger partial charge is 0.411 e. The molecule has 1 aromatic heterocycles. The molecule has 4 rings (SSSR count). The zero-order chi connectivity index (χ0) is 20.6. The van der Waals surface area contributed by atoms with Crippen LogP contribution < -0.4 is 0 Å². The van der Waals surface area contributed by atoms with E-state index in [1.807, 2.05) is 48.5 Å². The molecule has 0 saturated carbocycles. The molecule has 0 aliphatic heterocycles. The lowest BCUT2D eigenvalue weighted by atomic mass is 9.97. The van der Waals surface area contributed by atoms with Crippen molar-refractivity contribution in [1.82, 2.24) is 9.55 Å². The molecule has 3 aromatic carbocycles. The van der Waals surface area contributed by atoms with Gasteiger partial charge in [0.2, 0.25) is 0 Å². The van der Waals surface area contributed by atoms with Crippen LogP contribution in [0.5, 0.6) is 0 Å². The molecule has 4 aromatic rings. The van der Waals surface area contributed by atoms with Crippen LogP contribution in [0, 0.1) is 0 Å². The number of benzene rings is 3. The molecule has 1 N–H and O–H groups in total. The van der Waals surface area contributed by atoms with Crippen molar-refractivity contribution in [2.24, 2.45) is 5.16 Å². The first kappa shape index (κ1) is 18.7. The standard InChI is InChI=1S/C22H16F3N3O/c1-14(27-29)18-7-2-3-8-19(18)15-5-4-6-17(11-15)28-13-26-20-12-16(22(23,24)25)9-10-21(20)28/h2-13,29H,1H3. The highest BCUT2D eigenvalue weighted by Gasteiger charge is 2.30. The minimum absolute atomic E-state index is 0.272. The molecule has 4 nitrogen and oxygen atoms in total. The Balaban J connectivity index is 1.82. The molecule has 0 spiro atoms. The molecule has 0 amide bonds. The molecule has 0 bridgehead atoms. The van der Waals surface area contributed by atoms with Gasteiger partial charge in [-0.2, -0.15) is 13.2 Å². The van der Waals surface area contributed by atoms with E-state index < -0.39 is 11.7 Å². The van der Waals surface area contributed by atoms with Gasteiger partial charge in [-0.05, 0) is 48.4 Å². The molecular weight excluding hydrogens is 379 g/mol. The number of oxime groups is 1. The van der Waals surface area contributed by atoms with E-state index in [4.69, 9.17) is 5.21 Å². The summed E-state index contributed by atoms with van der Waals surface area (Å²) in [6.45, 7) is 1.71. The summed E-state index contributed by atoms with van der Waals surface area (Å²) < 4.78 is 40.6. The first-order valence-electron chi connectivity index (χ1n) is 8.81. The van der Waals surface area contributed by atoms with E-state index in [0.29, 0.717) is 11.2 Å². The summed E-state index contributed by atoms with van der Waals surface area (Å²) in [5.74, 6) is 0. The number of hydrogen-bond acceptors (Lipinski definition) is 3. The maximum absolute atomic E-state index is 13.0. The van der Waals surface area contributed by atoms with Crippen LogP contribution in [0.25, 0.3) is 27.8 Å². The molecule has 0 saturated heterocycles. The van der Waals surface area contributed by atoms with Crippen molar-refractivity contribution >= 4 is 16.7 Å². The number of imidazole rings is 1. The van der Waals surface area contributed by atoms with Gasteiger partial charge in [-0.15, -0.1) is 0 Å². The summed E-state index contributed by atoms with van der Waals surface area (Å²) in [6, 6.07) is 18.6. The van der Waals surface area contributed by atoms with E-state index in [1.165, 1.54) is 12.4 Å². The quantitative estimate of drug-likeness (QED) is 0.266. The average Bonchev–Trinajstić information content (AvgIpc) is 3.16. The van der Waals surface area contributed by atoms with Crippen molar-refractivity contribution < 1.29 is 18.4 Å². The van der Waals surface area contributed by atoms with Crippen LogP contribution in [0.15, 0.2) is 78.2 Å². The third-order valence-electron chi connectivity index (χ3n) is 4.78. The Morgan fingerprint density at radius 1 is 1.00 bits per heavy atom. The molecule has 7 heteroatoms. The monoisotopic (exact) mass is 395 g/mol. The van der Waals surface area contributed by atoms with Crippen LogP contribution in [-0.2, 0) is 6.18 Å². The van der Waals surface area contributed by atoms with Gasteiger partial charge >= 0.3 is 6.18 Å². The van der Waals surface area contributed by atoms with Crippen LogP contribution in [0.2, 0.25) is 0 Å². The molecule has 0 aliphatic carbocycles. The average molecular weight is 395 g/mol. The Morgan fingerprint density at radius 3 is 2.55 bits per heavy atom. The van der Waals surface area contributed by atoms with Gasteiger partial charge in [0.05, 0.1) is 22.3 Å². The van der Waals surface area contributed by atoms with Crippen molar-refractivity contribution in [3.63, 3.8) is 0 Å². The van der Waals surface area contributed by atoms with E-state index in [1.54, 1.807) is 11.5 Å². The molecule has 1 heterocycles. The van der Waals surface area contributed by atoms with Gasteiger partial charge in [0.15, 0.2) is 0 Å². The molecule has 0 fully saturated rings. The molecule has 0 aliphatic rings. The van der Waals surface area contributed by atoms with Gasteiger partial charge < -0.3 is 5.21 Å². The van der Waals surface area contributed by atoms with E-state index in [2.05, 4.69) is 10.1 Å². The lowest BCUT2D eigenvalue weighted by molar-refractivity contribution is -0.137. The topological polar surface area (TPSA) is 50.4 Å². The van der Waals surface area contributed by atoms with Crippen LogP contribution in [0.3, 0.4) is 0 Å². The van der Waals surface area contributed by atoms with Crippen molar-refractivity contribution in [2.45, 2.75) is 13.1 Å². The predicted octanol–water partition coefficient (Wildman–Crippen LogP) is 5.91. The van der Waals surface area contributed by atoms with Crippen LogP contribution in [-0.4, -0.2) is 20.5 Å². The maximum atomic E-state index is 13.0. The number of nitrogens with zero attached hydrogens (tertiary/aromatic N) is 3. The van der Waals surface area contributed by atoms with Crippen molar-refractivity contribution in [2.75, 3.05) is 0 Å². The number of fused-ring (bicyclic) bond motifs is 1. The fraction of sp³-hybridized carbons (Fsp3) is 0.0909.